The van der Waals surface area contributed by atoms with E-state index in [1.165, 1.54) is 13.1 Å². The van der Waals surface area contributed by atoms with Gasteiger partial charge in [-0.2, -0.15) is 0 Å². The highest BCUT2D eigenvalue weighted by Crippen LogP contribution is 2.13. The third-order valence-electron chi connectivity index (χ3n) is 3.23. The Kier molecular flexibility index (Phi) is 7.57. The first-order valence-corrected chi connectivity index (χ1v) is 9.20. The lowest BCUT2D eigenvalue weighted by Crippen LogP contribution is -2.24. The van der Waals surface area contributed by atoms with E-state index in [-0.39, 0.29) is 17.4 Å². The normalized spacial score (nSPS) is 10.2. The number of anilines is 2. The van der Waals surface area contributed by atoms with Gasteiger partial charge in [0.25, 0.3) is 11.5 Å². The quantitative estimate of drug-likeness (QED) is 0.464. The first-order valence-electron chi connectivity index (χ1n) is 8.05. The van der Waals surface area contributed by atoms with Crippen molar-refractivity contribution in [2.45, 2.75) is 12.7 Å². The van der Waals surface area contributed by atoms with E-state index in [2.05, 4.69) is 20.6 Å². The Bertz CT molecular complexity index is 967. The number of rotatable bonds is 8. The van der Waals surface area contributed by atoms with Gasteiger partial charge in [-0.05, 0) is 24.3 Å². The zero-order valence-electron chi connectivity index (χ0n) is 14.9. The SMILES string of the molecule is CC(=O)Nc1ccc(NC(=O)COC(=O)CSCc2c[nH]c(=O)[nH]c2=O)cc1. The second-order valence-corrected chi connectivity index (χ2v) is 6.54. The number of aromatic nitrogens is 2. The number of hydrogen-bond donors (Lipinski definition) is 4. The van der Waals surface area contributed by atoms with Gasteiger partial charge >= 0.3 is 11.7 Å². The van der Waals surface area contributed by atoms with Crippen molar-refractivity contribution >= 4 is 40.9 Å². The Labute approximate surface area is 163 Å². The molecule has 4 N–H and O–H groups in total. The molecule has 2 rings (SSSR count). The highest BCUT2D eigenvalue weighted by molar-refractivity contribution is 7.99. The number of thioether (sulfide) groups is 1. The molecular formula is C17H18N4O6S. The summed E-state index contributed by atoms with van der Waals surface area (Å²) in [5, 5.41) is 5.16. The number of H-pyrrole nitrogens is 2. The highest BCUT2D eigenvalue weighted by atomic mass is 32.2. The van der Waals surface area contributed by atoms with Crippen LogP contribution in [0.25, 0.3) is 0 Å². The Morgan fingerprint density at radius 2 is 1.71 bits per heavy atom. The van der Waals surface area contributed by atoms with Crippen LogP contribution in [-0.4, -0.2) is 40.1 Å². The van der Waals surface area contributed by atoms with Crippen LogP contribution in [0.3, 0.4) is 0 Å². The van der Waals surface area contributed by atoms with Crippen molar-refractivity contribution in [2.75, 3.05) is 23.0 Å². The largest absolute Gasteiger partial charge is 0.455 e. The molecule has 0 radical (unpaired) electrons. The molecule has 1 heterocycles. The molecule has 10 nitrogen and oxygen atoms in total. The van der Waals surface area contributed by atoms with Gasteiger partial charge in [-0.1, -0.05) is 0 Å². The van der Waals surface area contributed by atoms with Crippen molar-refractivity contribution in [3.8, 4) is 0 Å². The zero-order valence-corrected chi connectivity index (χ0v) is 15.7. The number of benzene rings is 1. The van der Waals surface area contributed by atoms with E-state index in [4.69, 9.17) is 4.74 Å². The van der Waals surface area contributed by atoms with Gasteiger partial charge in [0, 0.05) is 35.8 Å². The summed E-state index contributed by atoms with van der Waals surface area (Å²) in [4.78, 5) is 61.3. The summed E-state index contributed by atoms with van der Waals surface area (Å²) in [5.41, 5.74) is 0.275. The summed E-state index contributed by atoms with van der Waals surface area (Å²) in [7, 11) is 0. The molecule has 2 aromatic rings. The summed E-state index contributed by atoms with van der Waals surface area (Å²) in [6.45, 7) is 0.938. The van der Waals surface area contributed by atoms with Gasteiger partial charge in [0.2, 0.25) is 5.91 Å². The van der Waals surface area contributed by atoms with Crippen LogP contribution in [-0.2, 0) is 24.9 Å². The number of hydrogen-bond acceptors (Lipinski definition) is 7. The van der Waals surface area contributed by atoms with Crippen molar-refractivity contribution < 1.29 is 19.1 Å². The zero-order chi connectivity index (χ0) is 20.5. The third-order valence-corrected chi connectivity index (χ3v) is 4.18. The van der Waals surface area contributed by atoms with E-state index in [1.807, 2.05) is 0 Å². The van der Waals surface area contributed by atoms with Crippen molar-refractivity contribution in [1.29, 1.82) is 0 Å². The molecule has 1 aromatic heterocycles. The van der Waals surface area contributed by atoms with Crippen LogP contribution in [0.4, 0.5) is 11.4 Å². The maximum Gasteiger partial charge on any atom is 0.325 e. The van der Waals surface area contributed by atoms with Crippen molar-refractivity contribution in [1.82, 2.24) is 9.97 Å². The van der Waals surface area contributed by atoms with E-state index in [0.717, 1.165) is 11.8 Å². The van der Waals surface area contributed by atoms with E-state index in [9.17, 15) is 24.0 Å². The van der Waals surface area contributed by atoms with Gasteiger partial charge in [0.1, 0.15) is 0 Å². The topological polar surface area (TPSA) is 150 Å². The van der Waals surface area contributed by atoms with Crippen LogP contribution in [0.5, 0.6) is 0 Å². The van der Waals surface area contributed by atoms with Crippen LogP contribution in [0, 0.1) is 0 Å². The van der Waals surface area contributed by atoms with Crippen LogP contribution in [0.1, 0.15) is 12.5 Å². The molecule has 0 fully saturated rings. The van der Waals surface area contributed by atoms with Gasteiger partial charge in [-0.25, -0.2) is 4.79 Å². The fourth-order valence-corrected chi connectivity index (χ4v) is 2.80. The predicted octanol–water partition coefficient (Wildman–Crippen LogP) is 0.437. The average molecular weight is 406 g/mol. The molecule has 2 amide bonds. The van der Waals surface area contributed by atoms with Gasteiger partial charge in [-0.3, -0.25) is 24.2 Å². The molecule has 0 aliphatic carbocycles. The van der Waals surface area contributed by atoms with E-state index in [1.54, 1.807) is 24.3 Å². The van der Waals surface area contributed by atoms with Gasteiger partial charge in [0.05, 0.1) is 5.75 Å². The highest BCUT2D eigenvalue weighted by Gasteiger charge is 2.09. The Balaban J connectivity index is 1.70. The molecule has 11 heteroatoms. The summed E-state index contributed by atoms with van der Waals surface area (Å²) >= 11 is 1.11. The van der Waals surface area contributed by atoms with Gasteiger partial charge in [0.15, 0.2) is 6.61 Å². The van der Waals surface area contributed by atoms with E-state index < -0.39 is 29.7 Å². The molecule has 0 bridgehead atoms. The number of nitrogens with one attached hydrogen (secondary N) is 4. The first kappa shape index (κ1) is 21.0. The standard InChI is InChI=1S/C17H18N4O6S/c1-10(22)19-12-2-4-13(5-3-12)20-14(23)7-27-15(24)9-28-8-11-6-18-17(26)21-16(11)25/h2-6H,7-9H2,1H3,(H,19,22)(H,20,23)(H2,18,21,25,26). The average Bonchev–Trinajstić information content (AvgIpc) is 2.63. The molecule has 0 aliphatic heterocycles. The minimum absolute atomic E-state index is 0.0583. The second kappa shape index (κ2) is 10.1. The summed E-state index contributed by atoms with van der Waals surface area (Å²) < 4.78 is 4.87. The number of aromatic amines is 2. The fourth-order valence-electron chi connectivity index (χ4n) is 2.01. The third kappa shape index (κ3) is 7.11. The Morgan fingerprint density at radius 3 is 2.32 bits per heavy atom. The minimum Gasteiger partial charge on any atom is -0.455 e. The minimum atomic E-state index is -0.609. The molecule has 1 aromatic carbocycles. The second-order valence-electron chi connectivity index (χ2n) is 5.56. The first-order chi connectivity index (χ1) is 13.3. The molecule has 148 valence electrons. The van der Waals surface area contributed by atoms with Crippen LogP contribution >= 0.6 is 11.8 Å². The Morgan fingerprint density at radius 1 is 1.07 bits per heavy atom. The van der Waals surface area contributed by atoms with E-state index >= 15 is 0 Å². The van der Waals surface area contributed by atoms with Crippen molar-refractivity contribution in [2.24, 2.45) is 0 Å². The van der Waals surface area contributed by atoms with Gasteiger partial charge in [-0.15, -0.1) is 11.8 Å². The van der Waals surface area contributed by atoms with E-state index in [0.29, 0.717) is 16.9 Å². The molecule has 0 saturated heterocycles. The lowest BCUT2D eigenvalue weighted by Gasteiger charge is -2.08. The Hall–Kier alpha value is -3.34. The molecule has 0 saturated carbocycles. The smallest absolute Gasteiger partial charge is 0.325 e. The summed E-state index contributed by atoms with van der Waals surface area (Å²) in [6, 6.07) is 6.45. The lowest BCUT2D eigenvalue weighted by atomic mass is 10.2. The lowest BCUT2D eigenvalue weighted by molar-refractivity contribution is -0.144. The monoisotopic (exact) mass is 406 g/mol. The number of ether oxygens (including phenoxy) is 1. The maximum absolute atomic E-state index is 11.8. The van der Waals surface area contributed by atoms with Crippen molar-refractivity contribution in [3.63, 3.8) is 0 Å². The number of carbonyl (C=O) groups excluding carboxylic acids is 3. The molecular weight excluding hydrogens is 388 g/mol. The molecule has 0 spiro atoms. The van der Waals surface area contributed by atoms with Crippen LogP contribution in [0.15, 0.2) is 40.1 Å². The number of esters is 1. The summed E-state index contributed by atoms with van der Waals surface area (Å²) in [6.07, 6.45) is 1.28. The van der Waals surface area contributed by atoms with Crippen molar-refractivity contribution in [3.05, 3.63) is 56.9 Å². The number of carbonyl (C=O) groups is 3. The number of amides is 2. The predicted molar refractivity (Wildman–Crippen MR) is 104 cm³/mol. The van der Waals surface area contributed by atoms with Crippen LogP contribution < -0.4 is 21.9 Å². The molecule has 0 aliphatic rings. The molecule has 0 unspecified atom stereocenters. The molecule has 28 heavy (non-hydrogen) atoms. The van der Waals surface area contributed by atoms with Crippen LogP contribution in [0.2, 0.25) is 0 Å². The maximum atomic E-state index is 11.8. The fraction of sp³-hybridized carbons (Fsp3) is 0.235. The molecule has 0 atom stereocenters. The summed E-state index contributed by atoms with van der Waals surface area (Å²) in [5.74, 6) is -1.18. The van der Waals surface area contributed by atoms with Gasteiger partial charge < -0.3 is 20.4 Å².